The summed E-state index contributed by atoms with van der Waals surface area (Å²) < 4.78 is 0. The second-order valence-corrected chi connectivity index (χ2v) is 6.18. The van der Waals surface area contributed by atoms with Gasteiger partial charge in [0.15, 0.2) is 5.96 Å². The van der Waals surface area contributed by atoms with Gasteiger partial charge in [-0.1, -0.05) is 29.8 Å². The summed E-state index contributed by atoms with van der Waals surface area (Å²) in [5.74, 6) is 0.610. The van der Waals surface area contributed by atoms with Crippen molar-refractivity contribution in [3.05, 3.63) is 34.9 Å². The average Bonchev–Trinajstić information content (AvgIpc) is 2.50. The van der Waals surface area contributed by atoms with Crippen molar-refractivity contribution in [2.75, 3.05) is 20.6 Å². The SMILES string of the molecule is CN=C(NCC(C)(C)C(=O)NC)NC(C)c1ccccc1Cl. The minimum Gasteiger partial charge on any atom is -0.359 e. The first-order valence-corrected chi connectivity index (χ1v) is 7.63. The summed E-state index contributed by atoms with van der Waals surface area (Å²) in [6.45, 7) is 6.24. The number of nitrogens with zero attached hydrogens (tertiary/aromatic N) is 1. The molecule has 0 aliphatic carbocycles. The summed E-state index contributed by atoms with van der Waals surface area (Å²) in [7, 11) is 3.33. The lowest BCUT2D eigenvalue weighted by atomic mass is 9.92. The van der Waals surface area contributed by atoms with Gasteiger partial charge in [-0.05, 0) is 32.4 Å². The molecule has 1 unspecified atom stereocenters. The molecule has 3 N–H and O–H groups in total. The molecule has 1 amide bonds. The Hall–Kier alpha value is -1.75. The average molecular weight is 325 g/mol. The van der Waals surface area contributed by atoms with Crippen LogP contribution in [0.5, 0.6) is 0 Å². The number of aliphatic imine (C=N–C) groups is 1. The van der Waals surface area contributed by atoms with Crippen LogP contribution in [0.4, 0.5) is 0 Å². The molecule has 0 radical (unpaired) electrons. The highest BCUT2D eigenvalue weighted by Gasteiger charge is 2.26. The Balaban J connectivity index is 2.67. The maximum atomic E-state index is 11.8. The highest BCUT2D eigenvalue weighted by Crippen LogP contribution is 2.22. The third kappa shape index (κ3) is 4.91. The summed E-state index contributed by atoms with van der Waals surface area (Å²) >= 11 is 6.20. The van der Waals surface area contributed by atoms with Crippen LogP contribution in [0.15, 0.2) is 29.3 Å². The van der Waals surface area contributed by atoms with Crippen LogP contribution in [-0.2, 0) is 4.79 Å². The molecule has 6 heteroatoms. The first kappa shape index (κ1) is 18.3. The number of hydrogen-bond acceptors (Lipinski definition) is 2. The summed E-state index contributed by atoms with van der Waals surface area (Å²) in [4.78, 5) is 16.0. The fraction of sp³-hybridized carbons (Fsp3) is 0.500. The summed E-state index contributed by atoms with van der Waals surface area (Å²) in [5.41, 5.74) is 0.470. The molecule has 0 heterocycles. The van der Waals surface area contributed by atoms with Crippen molar-refractivity contribution in [2.45, 2.75) is 26.8 Å². The van der Waals surface area contributed by atoms with E-state index in [4.69, 9.17) is 11.6 Å². The van der Waals surface area contributed by atoms with E-state index in [2.05, 4.69) is 20.9 Å². The number of carbonyl (C=O) groups excluding carboxylic acids is 1. The molecule has 0 aliphatic rings. The van der Waals surface area contributed by atoms with Crippen molar-refractivity contribution in [1.29, 1.82) is 0 Å². The Kier molecular flexibility index (Phi) is 6.68. The van der Waals surface area contributed by atoms with Gasteiger partial charge in [0.25, 0.3) is 0 Å². The third-order valence-electron chi connectivity index (χ3n) is 3.49. The second kappa shape index (κ2) is 8.03. The van der Waals surface area contributed by atoms with E-state index in [1.54, 1.807) is 14.1 Å². The van der Waals surface area contributed by atoms with E-state index in [0.29, 0.717) is 17.5 Å². The molecule has 1 atom stereocenters. The molecule has 0 saturated heterocycles. The van der Waals surface area contributed by atoms with Gasteiger partial charge < -0.3 is 16.0 Å². The highest BCUT2D eigenvalue weighted by molar-refractivity contribution is 6.31. The van der Waals surface area contributed by atoms with Crippen molar-refractivity contribution in [1.82, 2.24) is 16.0 Å². The van der Waals surface area contributed by atoms with E-state index in [0.717, 1.165) is 5.56 Å². The van der Waals surface area contributed by atoms with Crippen LogP contribution in [0, 0.1) is 5.41 Å². The number of rotatable bonds is 5. The van der Waals surface area contributed by atoms with Crippen molar-refractivity contribution in [3.63, 3.8) is 0 Å². The van der Waals surface area contributed by atoms with Gasteiger partial charge in [0.05, 0.1) is 11.5 Å². The van der Waals surface area contributed by atoms with Crippen LogP contribution in [0.3, 0.4) is 0 Å². The topological polar surface area (TPSA) is 65.5 Å². The van der Waals surface area contributed by atoms with Gasteiger partial charge in [-0.15, -0.1) is 0 Å². The number of nitrogens with one attached hydrogen (secondary N) is 3. The summed E-state index contributed by atoms with van der Waals surface area (Å²) in [6, 6.07) is 7.69. The number of halogens is 1. The van der Waals surface area contributed by atoms with Crippen molar-refractivity contribution < 1.29 is 4.79 Å². The molecule has 0 spiro atoms. The Bertz CT molecular complexity index is 543. The molecule has 0 aliphatic heterocycles. The van der Waals surface area contributed by atoms with Crippen LogP contribution >= 0.6 is 11.6 Å². The summed E-state index contributed by atoms with van der Waals surface area (Å²) in [5, 5.41) is 9.83. The Morgan fingerprint density at radius 1 is 1.36 bits per heavy atom. The van der Waals surface area contributed by atoms with Crippen LogP contribution in [-0.4, -0.2) is 32.5 Å². The first-order valence-electron chi connectivity index (χ1n) is 7.25. The smallest absolute Gasteiger partial charge is 0.227 e. The molecule has 0 saturated carbocycles. The zero-order valence-electron chi connectivity index (χ0n) is 13.8. The maximum Gasteiger partial charge on any atom is 0.227 e. The molecule has 122 valence electrons. The standard InChI is InChI=1S/C16H25ClN4O/c1-11(12-8-6-7-9-13(12)17)21-15(19-5)20-10-16(2,3)14(22)18-4/h6-9,11H,10H2,1-5H3,(H,18,22)(H2,19,20,21). The molecule has 1 aromatic carbocycles. The lowest BCUT2D eigenvalue weighted by molar-refractivity contribution is -0.128. The van der Waals surface area contributed by atoms with Gasteiger partial charge >= 0.3 is 0 Å². The van der Waals surface area contributed by atoms with Gasteiger partial charge in [0.2, 0.25) is 5.91 Å². The van der Waals surface area contributed by atoms with E-state index in [1.807, 2.05) is 45.0 Å². The number of amides is 1. The van der Waals surface area contributed by atoms with Gasteiger partial charge in [-0.2, -0.15) is 0 Å². The molecule has 0 fully saturated rings. The molecule has 1 rings (SSSR count). The predicted molar refractivity (Wildman–Crippen MR) is 92.2 cm³/mol. The van der Waals surface area contributed by atoms with Crippen LogP contribution in [0.2, 0.25) is 5.02 Å². The zero-order chi connectivity index (χ0) is 16.8. The van der Waals surface area contributed by atoms with Gasteiger partial charge in [-0.3, -0.25) is 9.79 Å². The first-order chi connectivity index (χ1) is 10.3. The third-order valence-corrected chi connectivity index (χ3v) is 3.83. The van der Waals surface area contributed by atoms with Crippen molar-refractivity contribution >= 4 is 23.5 Å². The molecular formula is C16H25ClN4O. The van der Waals surface area contributed by atoms with Crippen molar-refractivity contribution in [2.24, 2.45) is 10.4 Å². The van der Waals surface area contributed by atoms with Gasteiger partial charge in [0.1, 0.15) is 0 Å². The Morgan fingerprint density at radius 2 is 2.00 bits per heavy atom. The fourth-order valence-corrected chi connectivity index (χ4v) is 2.33. The van der Waals surface area contributed by atoms with Gasteiger partial charge in [-0.25, -0.2) is 0 Å². The van der Waals surface area contributed by atoms with Crippen LogP contribution < -0.4 is 16.0 Å². The molecule has 22 heavy (non-hydrogen) atoms. The second-order valence-electron chi connectivity index (χ2n) is 5.78. The lowest BCUT2D eigenvalue weighted by Crippen LogP contribution is -2.47. The molecule has 1 aromatic rings. The van der Waals surface area contributed by atoms with Crippen molar-refractivity contribution in [3.8, 4) is 0 Å². The monoisotopic (exact) mass is 324 g/mol. The minimum absolute atomic E-state index is 0.00279. The Labute approximate surface area is 137 Å². The predicted octanol–water partition coefficient (Wildman–Crippen LogP) is 2.34. The molecular weight excluding hydrogens is 300 g/mol. The largest absolute Gasteiger partial charge is 0.359 e. The van der Waals surface area contributed by atoms with Crippen LogP contribution in [0.25, 0.3) is 0 Å². The molecule has 0 bridgehead atoms. The molecule has 0 aromatic heterocycles. The van der Waals surface area contributed by atoms with E-state index in [-0.39, 0.29) is 11.9 Å². The van der Waals surface area contributed by atoms with E-state index >= 15 is 0 Å². The van der Waals surface area contributed by atoms with E-state index in [1.165, 1.54) is 0 Å². The number of guanidine groups is 1. The number of carbonyl (C=O) groups is 1. The van der Waals surface area contributed by atoms with Gasteiger partial charge in [0, 0.05) is 25.7 Å². The maximum absolute atomic E-state index is 11.8. The number of benzene rings is 1. The normalized spacial score (nSPS) is 13.5. The number of hydrogen-bond donors (Lipinski definition) is 3. The van der Waals surface area contributed by atoms with E-state index in [9.17, 15) is 4.79 Å². The van der Waals surface area contributed by atoms with Crippen LogP contribution in [0.1, 0.15) is 32.4 Å². The fourth-order valence-electron chi connectivity index (χ4n) is 2.03. The quantitative estimate of drug-likeness (QED) is 0.575. The highest BCUT2D eigenvalue weighted by atomic mass is 35.5. The zero-order valence-corrected chi connectivity index (χ0v) is 14.6. The lowest BCUT2D eigenvalue weighted by Gasteiger charge is -2.25. The summed E-state index contributed by atoms with van der Waals surface area (Å²) in [6.07, 6.45) is 0. The van der Waals surface area contributed by atoms with E-state index < -0.39 is 5.41 Å². The molecule has 5 nitrogen and oxygen atoms in total. The Morgan fingerprint density at radius 3 is 2.55 bits per heavy atom. The minimum atomic E-state index is -0.528.